The lowest BCUT2D eigenvalue weighted by Gasteiger charge is -1.94. The van der Waals surface area contributed by atoms with E-state index in [1.807, 2.05) is 11.3 Å². The van der Waals surface area contributed by atoms with Gasteiger partial charge in [0.2, 0.25) is 0 Å². The van der Waals surface area contributed by atoms with Gasteiger partial charge in [0.1, 0.15) is 0 Å². The smallest absolute Gasteiger partial charge is 0.00893 e. The molecule has 0 atom stereocenters. The van der Waals surface area contributed by atoms with Gasteiger partial charge in [-0.3, -0.25) is 0 Å². The fourth-order valence-corrected chi connectivity index (χ4v) is 2.07. The molecule has 0 N–H and O–H groups in total. The minimum absolute atomic E-state index is 1.15. The summed E-state index contributed by atoms with van der Waals surface area (Å²) >= 11 is 1.88. The molecule has 0 nitrogen and oxygen atoms in total. The number of aryl methyl sites for hydroxylation is 2. The Morgan fingerprint density at radius 2 is 2.17 bits per heavy atom. The van der Waals surface area contributed by atoms with Gasteiger partial charge in [0, 0.05) is 9.75 Å². The molecule has 0 aliphatic rings. The van der Waals surface area contributed by atoms with Crippen LogP contribution in [0.4, 0.5) is 0 Å². The van der Waals surface area contributed by atoms with Crippen molar-refractivity contribution in [2.75, 3.05) is 0 Å². The van der Waals surface area contributed by atoms with Gasteiger partial charge >= 0.3 is 0 Å². The molecule has 0 amide bonds. The minimum Gasteiger partial charge on any atom is -0.145 e. The number of allylic oxidation sites excluding steroid dienone is 1. The molecular formula is C11H16S. The van der Waals surface area contributed by atoms with Gasteiger partial charge in [-0.25, -0.2) is 0 Å². The quantitative estimate of drug-likeness (QED) is 0.640. The summed E-state index contributed by atoms with van der Waals surface area (Å²) in [6.07, 6.45) is 3.44. The number of hydrogen-bond acceptors (Lipinski definition) is 1. The Morgan fingerprint density at radius 3 is 2.58 bits per heavy atom. The predicted octanol–water partition coefficient (Wildman–Crippen LogP) is 4.18. The van der Waals surface area contributed by atoms with Crippen LogP contribution >= 0.6 is 11.3 Å². The van der Waals surface area contributed by atoms with Crippen molar-refractivity contribution in [2.24, 2.45) is 0 Å². The Morgan fingerprint density at radius 1 is 1.50 bits per heavy atom. The van der Waals surface area contributed by atoms with Crippen LogP contribution in [-0.4, -0.2) is 0 Å². The van der Waals surface area contributed by atoms with Crippen molar-refractivity contribution in [3.63, 3.8) is 0 Å². The summed E-state index contributed by atoms with van der Waals surface area (Å²) < 4.78 is 0. The first-order chi connectivity index (χ1) is 5.63. The second-order valence-corrected chi connectivity index (χ2v) is 4.67. The van der Waals surface area contributed by atoms with Crippen LogP contribution in [0.5, 0.6) is 0 Å². The Hall–Kier alpha value is -0.560. The van der Waals surface area contributed by atoms with Gasteiger partial charge in [0.25, 0.3) is 0 Å². The molecule has 1 aromatic heterocycles. The van der Waals surface area contributed by atoms with Crippen LogP contribution in [0.3, 0.4) is 0 Å². The zero-order valence-electron chi connectivity index (χ0n) is 8.27. The van der Waals surface area contributed by atoms with E-state index in [4.69, 9.17) is 0 Å². The number of thiophene rings is 1. The maximum Gasteiger partial charge on any atom is 0.00893 e. The minimum atomic E-state index is 1.15. The van der Waals surface area contributed by atoms with Gasteiger partial charge in [0.05, 0.1) is 0 Å². The first-order valence-electron chi connectivity index (χ1n) is 4.37. The third-order valence-corrected chi connectivity index (χ3v) is 3.02. The molecule has 0 fully saturated rings. The maximum absolute atomic E-state index is 2.29. The van der Waals surface area contributed by atoms with Crippen molar-refractivity contribution in [3.8, 4) is 0 Å². The summed E-state index contributed by atoms with van der Waals surface area (Å²) in [6, 6.07) is 2.26. The van der Waals surface area contributed by atoms with Crippen molar-refractivity contribution in [3.05, 3.63) is 27.0 Å². The Bertz CT molecular complexity index is 292. The second-order valence-electron chi connectivity index (χ2n) is 3.21. The lowest BCUT2D eigenvalue weighted by molar-refractivity contribution is 1.11. The van der Waals surface area contributed by atoms with Gasteiger partial charge in [-0.1, -0.05) is 18.6 Å². The monoisotopic (exact) mass is 180 g/mol. The van der Waals surface area contributed by atoms with E-state index in [1.54, 1.807) is 0 Å². The Labute approximate surface area is 78.9 Å². The van der Waals surface area contributed by atoms with Gasteiger partial charge in [-0.2, -0.15) is 0 Å². The molecule has 1 heterocycles. The summed E-state index contributed by atoms with van der Waals surface area (Å²) in [5.74, 6) is 0. The van der Waals surface area contributed by atoms with Crippen molar-refractivity contribution in [1.29, 1.82) is 0 Å². The van der Waals surface area contributed by atoms with Crippen molar-refractivity contribution >= 4 is 17.4 Å². The van der Waals surface area contributed by atoms with Crippen molar-refractivity contribution in [2.45, 2.75) is 34.1 Å². The van der Waals surface area contributed by atoms with Crippen LogP contribution in [0, 0.1) is 13.8 Å². The molecule has 0 saturated carbocycles. The van der Waals surface area contributed by atoms with E-state index in [-0.39, 0.29) is 0 Å². The molecule has 1 aromatic rings. The third kappa shape index (κ3) is 2.21. The summed E-state index contributed by atoms with van der Waals surface area (Å²) in [5.41, 5.74) is 2.85. The highest BCUT2D eigenvalue weighted by atomic mass is 32.1. The fraction of sp³-hybridized carbons (Fsp3) is 0.455. The molecule has 1 rings (SSSR count). The average molecular weight is 180 g/mol. The molecule has 0 aliphatic heterocycles. The molecule has 0 aliphatic carbocycles. The van der Waals surface area contributed by atoms with Crippen LogP contribution in [0.15, 0.2) is 11.6 Å². The maximum atomic E-state index is 2.29. The van der Waals surface area contributed by atoms with Crippen molar-refractivity contribution in [1.82, 2.24) is 0 Å². The van der Waals surface area contributed by atoms with Gasteiger partial charge in [-0.05, 0) is 38.8 Å². The first-order valence-corrected chi connectivity index (χ1v) is 5.19. The van der Waals surface area contributed by atoms with E-state index in [0.717, 1.165) is 6.42 Å². The van der Waals surface area contributed by atoms with Crippen LogP contribution in [0.25, 0.3) is 6.08 Å². The standard InChI is InChI=1S/C11H16S/c1-5-8(2)6-11-7-9(3)12-10(11)4/h6-7H,5H2,1-4H3/b8-6+. The zero-order chi connectivity index (χ0) is 9.14. The highest BCUT2D eigenvalue weighted by Crippen LogP contribution is 2.23. The van der Waals surface area contributed by atoms with E-state index >= 15 is 0 Å². The van der Waals surface area contributed by atoms with E-state index in [2.05, 4.69) is 39.8 Å². The van der Waals surface area contributed by atoms with Gasteiger partial charge in [-0.15, -0.1) is 11.3 Å². The van der Waals surface area contributed by atoms with Crippen LogP contribution < -0.4 is 0 Å². The zero-order valence-corrected chi connectivity index (χ0v) is 9.09. The van der Waals surface area contributed by atoms with Gasteiger partial charge < -0.3 is 0 Å². The fourth-order valence-electron chi connectivity index (χ4n) is 1.16. The second kappa shape index (κ2) is 3.90. The SMILES string of the molecule is CC/C(C)=C/c1cc(C)sc1C. The first kappa shape index (κ1) is 9.53. The molecule has 0 radical (unpaired) electrons. The topological polar surface area (TPSA) is 0 Å². The normalized spacial score (nSPS) is 12.2. The highest BCUT2D eigenvalue weighted by molar-refractivity contribution is 7.12. The Kier molecular flexibility index (Phi) is 3.10. The van der Waals surface area contributed by atoms with Crippen LogP contribution in [0.2, 0.25) is 0 Å². The lowest BCUT2D eigenvalue weighted by Crippen LogP contribution is -1.73. The largest absolute Gasteiger partial charge is 0.145 e. The third-order valence-electron chi connectivity index (χ3n) is 2.04. The molecule has 66 valence electrons. The molecule has 0 spiro atoms. The molecule has 0 saturated heterocycles. The van der Waals surface area contributed by atoms with E-state index < -0.39 is 0 Å². The lowest BCUT2D eigenvalue weighted by atomic mass is 10.1. The Balaban J connectivity index is 2.95. The van der Waals surface area contributed by atoms with Gasteiger partial charge in [0.15, 0.2) is 0 Å². The van der Waals surface area contributed by atoms with E-state index in [9.17, 15) is 0 Å². The molecule has 1 heteroatoms. The summed E-state index contributed by atoms with van der Waals surface area (Å²) in [7, 11) is 0. The molecule has 0 aromatic carbocycles. The number of rotatable bonds is 2. The van der Waals surface area contributed by atoms with E-state index in [1.165, 1.54) is 20.9 Å². The summed E-state index contributed by atoms with van der Waals surface area (Å²) in [5, 5.41) is 0. The van der Waals surface area contributed by atoms with Crippen LogP contribution in [0.1, 0.15) is 35.6 Å². The predicted molar refractivity (Wildman–Crippen MR) is 57.7 cm³/mol. The highest BCUT2D eigenvalue weighted by Gasteiger charge is 1.98. The van der Waals surface area contributed by atoms with E-state index in [0.29, 0.717) is 0 Å². The molecule has 12 heavy (non-hydrogen) atoms. The number of hydrogen-bond donors (Lipinski definition) is 0. The molecule has 0 unspecified atom stereocenters. The van der Waals surface area contributed by atoms with Crippen LogP contribution in [-0.2, 0) is 0 Å². The van der Waals surface area contributed by atoms with Crippen molar-refractivity contribution < 1.29 is 0 Å². The molecule has 0 bridgehead atoms. The summed E-state index contributed by atoms with van der Waals surface area (Å²) in [6.45, 7) is 8.73. The average Bonchev–Trinajstić information content (AvgIpc) is 2.30. The summed E-state index contributed by atoms with van der Waals surface area (Å²) in [4.78, 5) is 2.84. The molecular weight excluding hydrogens is 164 g/mol.